The second-order valence-corrected chi connectivity index (χ2v) is 8.10. The zero-order chi connectivity index (χ0) is 17.1. The van der Waals surface area contributed by atoms with Crippen molar-refractivity contribution in [2.24, 2.45) is 0 Å². The summed E-state index contributed by atoms with van der Waals surface area (Å²) in [7, 11) is -0.401. The van der Waals surface area contributed by atoms with Crippen LogP contribution < -0.4 is 11.2 Å². The van der Waals surface area contributed by atoms with Crippen LogP contribution in [0.4, 0.5) is 0 Å². The summed E-state index contributed by atoms with van der Waals surface area (Å²) in [6, 6.07) is 6.30. The zero-order valence-corrected chi connectivity index (χ0v) is 14.9. The molecule has 1 aliphatic heterocycles. The molecule has 0 spiro atoms. The molecule has 128 valence electrons. The summed E-state index contributed by atoms with van der Waals surface area (Å²) >= 11 is 0. The van der Waals surface area contributed by atoms with Crippen LogP contribution in [0.5, 0.6) is 0 Å². The van der Waals surface area contributed by atoms with Gasteiger partial charge in [-0.05, 0) is 58.1 Å². The highest BCUT2D eigenvalue weighted by Crippen LogP contribution is 2.37. The lowest BCUT2D eigenvalue weighted by molar-refractivity contribution is 0.00578. The van der Waals surface area contributed by atoms with Crippen LogP contribution in [0.2, 0.25) is 0 Å². The van der Waals surface area contributed by atoms with Crippen LogP contribution in [0, 0.1) is 0 Å². The summed E-state index contributed by atoms with van der Waals surface area (Å²) in [5, 5.41) is 0. The van der Waals surface area contributed by atoms with Crippen molar-refractivity contribution in [1.29, 1.82) is 0 Å². The topological polar surface area (TPSA) is 56.2 Å². The molecule has 2 heterocycles. The average Bonchev–Trinajstić information content (AvgIpc) is 3.15. The first-order chi connectivity index (χ1) is 11.3. The number of benzene rings is 1. The Labute approximate surface area is 142 Å². The molecule has 1 aliphatic carbocycles. The van der Waals surface area contributed by atoms with Crippen LogP contribution in [0.25, 0.3) is 11.0 Å². The summed E-state index contributed by atoms with van der Waals surface area (Å²) < 4.78 is 14.2. The number of aromatic nitrogens is 2. The molecule has 0 amide bonds. The van der Waals surface area contributed by atoms with Crippen molar-refractivity contribution in [3.8, 4) is 0 Å². The van der Waals surface area contributed by atoms with Gasteiger partial charge in [-0.15, -0.1) is 0 Å². The van der Waals surface area contributed by atoms with Crippen molar-refractivity contribution in [3.05, 3.63) is 28.7 Å². The first-order valence-corrected chi connectivity index (χ1v) is 8.88. The Balaban J connectivity index is 1.76. The van der Waals surface area contributed by atoms with E-state index in [1.807, 2.05) is 22.8 Å². The smallest absolute Gasteiger partial charge is 0.399 e. The maximum absolute atomic E-state index is 12.4. The van der Waals surface area contributed by atoms with Gasteiger partial charge in [-0.1, -0.05) is 18.9 Å². The third-order valence-corrected chi connectivity index (χ3v) is 5.96. The van der Waals surface area contributed by atoms with E-state index in [1.54, 1.807) is 0 Å². The summed E-state index contributed by atoms with van der Waals surface area (Å²) in [6.07, 6.45) is 4.54. The lowest BCUT2D eigenvalue weighted by Crippen LogP contribution is -2.41. The quantitative estimate of drug-likeness (QED) is 0.863. The van der Waals surface area contributed by atoms with E-state index in [2.05, 4.69) is 32.7 Å². The van der Waals surface area contributed by atoms with Crippen molar-refractivity contribution >= 4 is 23.6 Å². The van der Waals surface area contributed by atoms with Crippen LogP contribution >= 0.6 is 0 Å². The van der Waals surface area contributed by atoms with Crippen LogP contribution in [-0.4, -0.2) is 27.9 Å². The molecular weight excluding hydrogens is 303 g/mol. The van der Waals surface area contributed by atoms with Crippen molar-refractivity contribution in [2.45, 2.75) is 70.6 Å². The summed E-state index contributed by atoms with van der Waals surface area (Å²) in [5.74, 6) is 0. The molecule has 2 aromatic rings. The van der Waals surface area contributed by atoms with Crippen molar-refractivity contribution in [1.82, 2.24) is 9.55 Å². The molecular formula is C18H25BN2O3. The molecule has 24 heavy (non-hydrogen) atoms. The van der Waals surface area contributed by atoms with E-state index in [0.29, 0.717) is 6.04 Å². The number of nitrogens with one attached hydrogen (secondary N) is 1. The Hall–Kier alpha value is -1.53. The third kappa shape index (κ3) is 2.35. The Morgan fingerprint density at radius 3 is 2.38 bits per heavy atom. The summed E-state index contributed by atoms with van der Waals surface area (Å²) in [5.41, 5.74) is 2.06. The molecule has 5 nitrogen and oxygen atoms in total. The SMILES string of the molecule is CC1(C)OB(c2ccc3[nH]c(=O)n(C4CCCC4)c3c2)OC1(C)C. The van der Waals surface area contributed by atoms with E-state index in [4.69, 9.17) is 9.31 Å². The van der Waals surface area contributed by atoms with Gasteiger partial charge in [0.25, 0.3) is 0 Å². The first-order valence-electron chi connectivity index (χ1n) is 8.88. The lowest BCUT2D eigenvalue weighted by atomic mass is 9.79. The predicted octanol–water partition coefficient (Wildman–Crippen LogP) is 2.74. The van der Waals surface area contributed by atoms with Crippen LogP contribution in [0.3, 0.4) is 0 Å². The maximum Gasteiger partial charge on any atom is 0.494 e. The molecule has 2 aliphatic rings. The minimum absolute atomic E-state index is 0.0111. The molecule has 1 saturated carbocycles. The van der Waals surface area contributed by atoms with Gasteiger partial charge in [-0.2, -0.15) is 0 Å². The van der Waals surface area contributed by atoms with Gasteiger partial charge in [0, 0.05) is 6.04 Å². The Kier molecular flexibility index (Phi) is 3.48. The fraction of sp³-hybridized carbons (Fsp3) is 0.611. The lowest BCUT2D eigenvalue weighted by Gasteiger charge is -2.32. The van der Waals surface area contributed by atoms with Gasteiger partial charge in [-0.3, -0.25) is 4.57 Å². The fourth-order valence-electron chi connectivity index (χ4n) is 3.79. The standard InChI is InChI=1S/C18H25BN2O3/c1-17(2)18(3,4)24-19(23-17)12-9-10-14-15(11-12)21(16(22)20-14)13-7-5-6-8-13/h9-11,13H,5-8H2,1-4H3,(H,20,22). The monoisotopic (exact) mass is 328 g/mol. The Morgan fingerprint density at radius 1 is 1.12 bits per heavy atom. The van der Waals surface area contributed by atoms with Crippen LogP contribution in [-0.2, 0) is 9.31 Å². The number of H-pyrrole nitrogens is 1. The van der Waals surface area contributed by atoms with Crippen LogP contribution in [0.15, 0.2) is 23.0 Å². The van der Waals surface area contributed by atoms with Crippen LogP contribution in [0.1, 0.15) is 59.4 Å². The molecule has 0 atom stereocenters. The largest absolute Gasteiger partial charge is 0.494 e. The highest BCUT2D eigenvalue weighted by Gasteiger charge is 2.51. The van der Waals surface area contributed by atoms with E-state index in [1.165, 1.54) is 12.8 Å². The molecule has 1 N–H and O–H groups in total. The highest BCUT2D eigenvalue weighted by atomic mass is 16.7. The average molecular weight is 328 g/mol. The van der Waals surface area contributed by atoms with Gasteiger partial charge in [0.2, 0.25) is 0 Å². The second-order valence-electron chi connectivity index (χ2n) is 8.10. The predicted molar refractivity (Wildman–Crippen MR) is 95.8 cm³/mol. The number of hydrogen-bond acceptors (Lipinski definition) is 3. The maximum atomic E-state index is 12.4. The molecule has 6 heteroatoms. The van der Waals surface area contributed by atoms with Crippen molar-refractivity contribution < 1.29 is 9.31 Å². The molecule has 1 aromatic heterocycles. The Bertz CT molecular complexity index is 814. The normalized spacial score (nSPS) is 23.4. The van der Waals surface area contributed by atoms with Gasteiger partial charge < -0.3 is 14.3 Å². The number of fused-ring (bicyclic) bond motifs is 1. The third-order valence-electron chi connectivity index (χ3n) is 5.96. The van der Waals surface area contributed by atoms with Gasteiger partial charge in [0.1, 0.15) is 0 Å². The highest BCUT2D eigenvalue weighted by molar-refractivity contribution is 6.62. The molecule has 2 fully saturated rings. The molecule has 4 rings (SSSR count). The van der Waals surface area contributed by atoms with Gasteiger partial charge >= 0.3 is 12.8 Å². The number of nitrogens with zero attached hydrogens (tertiary/aromatic N) is 1. The van der Waals surface area contributed by atoms with Crippen molar-refractivity contribution in [3.63, 3.8) is 0 Å². The number of hydrogen-bond donors (Lipinski definition) is 1. The Morgan fingerprint density at radius 2 is 1.75 bits per heavy atom. The summed E-state index contributed by atoms with van der Waals surface area (Å²) in [6.45, 7) is 8.21. The first kappa shape index (κ1) is 16.0. The van der Waals surface area contributed by atoms with E-state index in [-0.39, 0.29) is 16.9 Å². The van der Waals surface area contributed by atoms with Gasteiger partial charge in [-0.25, -0.2) is 4.79 Å². The van der Waals surface area contributed by atoms with Crippen molar-refractivity contribution in [2.75, 3.05) is 0 Å². The molecule has 0 bridgehead atoms. The van der Waals surface area contributed by atoms with E-state index in [9.17, 15) is 4.79 Å². The minimum Gasteiger partial charge on any atom is -0.399 e. The number of aromatic amines is 1. The summed E-state index contributed by atoms with van der Waals surface area (Å²) in [4.78, 5) is 15.4. The van der Waals surface area contributed by atoms with E-state index < -0.39 is 7.12 Å². The molecule has 1 saturated heterocycles. The minimum atomic E-state index is -0.401. The number of rotatable bonds is 2. The van der Waals surface area contributed by atoms with E-state index >= 15 is 0 Å². The van der Waals surface area contributed by atoms with Gasteiger partial charge in [0.15, 0.2) is 0 Å². The zero-order valence-electron chi connectivity index (χ0n) is 14.9. The molecule has 0 unspecified atom stereocenters. The number of imidazole rings is 1. The van der Waals surface area contributed by atoms with Gasteiger partial charge in [0.05, 0.1) is 22.2 Å². The second kappa shape index (κ2) is 5.23. The fourth-order valence-corrected chi connectivity index (χ4v) is 3.79. The molecule has 0 radical (unpaired) electrons. The van der Waals surface area contributed by atoms with E-state index in [0.717, 1.165) is 29.3 Å². The molecule has 1 aromatic carbocycles.